The first-order valence-corrected chi connectivity index (χ1v) is 9.54. The molecule has 1 heterocycles. The topological polar surface area (TPSA) is 82.6 Å². The molecule has 0 aliphatic carbocycles. The molecule has 1 aromatic carbocycles. The van der Waals surface area contributed by atoms with Crippen LogP contribution in [-0.2, 0) is 11.2 Å². The van der Waals surface area contributed by atoms with Gasteiger partial charge >= 0.3 is 0 Å². The van der Waals surface area contributed by atoms with Crippen molar-refractivity contribution in [2.24, 2.45) is 0 Å². The van der Waals surface area contributed by atoms with E-state index >= 15 is 0 Å². The summed E-state index contributed by atoms with van der Waals surface area (Å²) in [5.74, 6) is 1.28. The average molecular weight is 391 g/mol. The number of methoxy groups -OCH3 is 3. The van der Waals surface area contributed by atoms with Crippen LogP contribution in [0.4, 0.5) is 5.13 Å². The van der Waals surface area contributed by atoms with Gasteiger partial charge in [-0.2, -0.15) is 0 Å². The van der Waals surface area contributed by atoms with E-state index in [-0.39, 0.29) is 5.91 Å². The van der Waals surface area contributed by atoms with Crippen molar-refractivity contribution >= 4 is 28.5 Å². The van der Waals surface area contributed by atoms with Crippen molar-refractivity contribution in [3.8, 4) is 17.2 Å². The molecule has 0 aliphatic rings. The number of hydrogen-bond acceptors (Lipinski definition) is 7. The molecule has 0 saturated carbocycles. The van der Waals surface area contributed by atoms with Crippen molar-refractivity contribution in [1.29, 1.82) is 0 Å². The van der Waals surface area contributed by atoms with Gasteiger partial charge in [0.05, 0.1) is 21.3 Å². The van der Waals surface area contributed by atoms with E-state index in [0.29, 0.717) is 22.4 Å². The minimum absolute atomic E-state index is 0.278. The van der Waals surface area contributed by atoms with E-state index in [0.717, 1.165) is 29.8 Å². The van der Waals surface area contributed by atoms with E-state index in [9.17, 15) is 4.79 Å². The molecule has 0 aliphatic heterocycles. The lowest BCUT2D eigenvalue weighted by Crippen LogP contribution is -2.07. The Balaban J connectivity index is 2.02. The van der Waals surface area contributed by atoms with E-state index in [1.54, 1.807) is 39.5 Å². The summed E-state index contributed by atoms with van der Waals surface area (Å²) in [7, 11) is 4.64. The second-order valence-corrected chi connectivity index (χ2v) is 6.80. The molecule has 0 atom stereocenters. The maximum atomic E-state index is 12.1. The highest BCUT2D eigenvalue weighted by molar-refractivity contribution is 7.15. The molecule has 2 aromatic rings. The molecule has 8 heteroatoms. The normalized spacial score (nSPS) is 10.8. The summed E-state index contributed by atoms with van der Waals surface area (Å²) >= 11 is 1.41. The molecule has 0 spiro atoms. The SMILES string of the molecule is CCCCCc1nnc(NC(=O)/C=C/c2cc(OC)c(OC)c(OC)c2)s1. The zero-order valence-corrected chi connectivity index (χ0v) is 16.9. The first kappa shape index (κ1) is 20.7. The van der Waals surface area contributed by atoms with Gasteiger partial charge in [0.1, 0.15) is 5.01 Å². The Morgan fingerprint density at radius 3 is 2.41 bits per heavy atom. The van der Waals surface area contributed by atoms with Crippen LogP contribution in [0.2, 0.25) is 0 Å². The summed E-state index contributed by atoms with van der Waals surface area (Å²) < 4.78 is 15.9. The van der Waals surface area contributed by atoms with Gasteiger partial charge in [0, 0.05) is 12.5 Å². The number of carbonyl (C=O) groups is 1. The van der Waals surface area contributed by atoms with Crippen LogP contribution < -0.4 is 19.5 Å². The first-order chi connectivity index (χ1) is 13.1. The second kappa shape index (κ2) is 10.5. The number of ether oxygens (including phenoxy) is 3. The van der Waals surface area contributed by atoms with Gasteiger partial charge in [-0.1, -0.05) is 31.1 Å². The highest BCUT2D eigenvalue weighted by Crippen LogP contribution is 2.38. The molecule has 0 radical (unpaired) electrons. The van der Waals surface area contributed by atoms with E-state index in [1.165, 1.54) is 23.8 Å². The van der Waals surface area contributed by atoms with Gasteiger partial charge in [-0.3, -0.25) is 10.1 Å². The van der Waals surface area contributed by atoms with Crippen molar-refractivity contribution in [1.82, 2.24) is 10.2 Å². The molecular formula is C19H25N3O4S. The molecule has 7 nitrogen and oxygen atoms in total. The maximum absolute atomic E-state index is 12.1. The summed E-state index contributed by atoms with van der Waals surface area (Å²) in [5, 5.41) is 12.3. The summed E-state index contributed by atoms with van der Waals surface area (Å²) in [6.45, 7) is 2.16. The van der Waals surface area contributed by atoms with Crippen molar-refractivity contribution in [3.63, 3.8) is 0 Å². The fourth-order valence-corrected chi connectivity index (χ4v) is 3.23. The fourth-order valence-electron chi connectivity index (χ4n) is 2.45. The van der Waals surface area contributed by atoms with Gasteiger partial charge < -0.3 is 14.2 Å². The maximum Gasteiger partial charge on any atom is 0.250 e. The number of amides is 1. The van der Waals surface area contributed by atoms with Crippen molar-refractivity contribution in [2.75, 3.05) is 26.6 Å². The Bertz CT molecular complexity index is 764. The van der Waals surface area contributed by atoms with Crippen LogP contribution in [0, 0.1) is 0 Å². The Morgan fingerprint density at radius 2 is 1.81 bits per heavy atom. The summed E-state index contributed by atoms with van der Waals surface area (Å²) in [6, 6.07) is 3.53. The molecule has 0 saturated heterocycles. The molecular weight excluding hydrogens is 366 g/mol. The zero-order chi connectivity index (χ0) is 19.6. The lowest BCUT2D eigenvalue weighted by Gasteiger charge is -2.12. The van der Waals surface area contributed by atoms with Crippen LogP contribution in [-0.4, -0.2) is 37.4 Å². The molecule has 146 valence electrons. The van der Waals surface area contributed by atoms with Crippen LogP contribution in [0.1, 0.15) is 36.8 Å². The lowest BCUT2D eigenvalue weighted by molar-refractivity contribution is -0.111. The number of unbranched alkanes of at least 4 members (excludes halogenated alkanes) is 2. The van der Waals surface area contributed by atoms with Crippen LogP contribution in [0.5, 0.6) is 17.2 Å². The molecule has 2 rings (SSSR count). The van der Waals surface area contributed by atoms with E-state index in [4.69, 9.17) is 14.2 Å². The number of aryl methyl sites for hydroxylation is 1. The van der Waals surface area contributed by atoms with Gasteiger partial charge in [-0.15, -0.1) is 10.2 Å². The Morgan fingerprint density at radius 1 is 1.11 bits per heavy atom. The summed E-state index contributed by atoms with van der Waals surface area (Å²) in [4.78, 5) is 12.1. The van der Waals surface area contributed by atoms with Crippen LogP contribution in [0.15, 0.2) is 18.2 Å². The molecule has 1 aromatic heterocycles. The third kappa shape index (κ3) is 5.96. The number of hydrogen-bond donors (Lipinski definition) is 1. The first-order valence-electron chi connectivity index (χ1n) is 8.72. The number of aromatic nitrogens is 2. The van der Waals surface area contributed by atoms with Crippen molar-refractivity contribution in [2.45, 2.75) is 32.6 Å². The number of carbonyl (C=O) groups excluding carboxylic acids is 1. The predicted octanol–water partition coefficient (Wildman–Crippen LogP) is 3.95. The van der Waals surface area contributed by atoms with E-state index in [1.807, 2.05) is 0 Å². The molecule has 0 unspecified atom stereocenters. The Hall–Kier alpha value is -2.61. The monoisotopic (exact) mass is 391 g/mol. The van der Waals surface area contributed by atoms with Gasteiger partial charge in [0.15, 0.2) is 11.5 Å². The van der Waals surface area contributed by atoms with Crippen molar-refractivity contribution < 1.29 is 19.0 Å². The highest BCUT2D eigenvalue weighted by Gasteiger charge is 2.12. The summed E-state index contributed by atoms with van der Waals surface area (Å²) in [6.07, 6.45) is 7.40. The fraction of sp³-hybridized carbons (Fsp3) is 0.421. The van der Waals surface area contributed by atoms with Gasteiger partial charge in [0.25, 0.3) is 0 Å². The molecule has 27 heavy (non-hydrogen) atoms. The lowest BCUT2D eigenvalue weighted by atomic mass is 10.1. The zero-order valence-electron chi connectivity index (χ0n) is 16.1. The smallest absolute Gasteiger partial charge is 0.250 e. The molecule has 1 N–H and O–H groups in total. The minimum atomic E-state index is -0.278. The number of nitrogens with one attached hydrogen (secondary N) is 1. The number of benzene rings is 1. The highest BCUT2D eigenvalue weighted by atomic mass is 32.1. The van der Waals surface area contributed by atoms with Gasteiger partial charge in [-0.25, -0.2) is 0 Å². The summed E-state index contributed by atoms with van der Waals surface area (Å²) in [5.41, 5.74) is 0.747. The molecule has 0 bridgehead atoms. The third-order valence-corrected chi connectivity index (χ3v) is 4.70. The predicted molar refractivity (Wildman–Crippen MR) is 107 cm³/mol. The largest absolute Gasteiger partial charge is 0.493 e. The quantitative estimate of drug-likeness (QED) is 0.488. The van der Waals surface area contributed by atoms with Crippen LogP contribution >= 0.6 is 11.3 Å². The second-order valence-electron chi connectivity index (χ2n) is 5.74. The minimum Gasteiger partial charge on any atom is -0.493 e. The Kier molecular flexibility index (Phi) is 8.06. The molecule has 0 fully saturated rings. The van der Waals surface area contributed by atoms with E-state index in [2.05, 4.69) is 22.4 Å². The van der Waals surface area contributed by atoms with E-state index < -0.39 is 0 Å². The van der Waals surface area contributed by atoms with Gasteiger partial charge in [0.2, 0.25) is 16.8 Å². The number of nitrogens with zero attached hydrogens (tertiary/aromatic N) is 2. The average Bonchev–Trinajstić information content (AvgIpc) is 3.12. The Labute approximate surface area is 163 Å². The number of rotatable bonds is 10. The van der Waals surface area contributed by atoms with Crippen molar-refractivity contribution in [3.05, 3.63) is 28.8 Å². The van der Waals surface area contributed by atoms with Crippen LogP contribution in [0.3, 0.4) is 0 Å². The van der Waals surface area contributed by atoms with Crippen LogP contribution in [0.25, 0.3) is 6.08 Å². The number of anilines is 1. The van der Waals surface area contributed by atoms with Gasteiger partial charge in [-0.05, 0) is 30.2 Å². The molecule has 1 amide bonds. The third-order valence-electron chi connectivity index (χ3n) is 3.81. The standard InChI is InChI=1S/C19H25N3O4S/c1-5-6-7-8-17-21-22-19(27-17)20-16(23)10-9-13-11-14(24-2)18(26-4)15(12-13)25-3/h9-12H,5-8H2,1-4H3,(H,20,22,23)/b10-9+.